The molecule has 4 rings (SSSR count). The van der Waals surface area contributed by atoms with Crippen molar-refractivity contribution in [1.82, 2.24) is 15.5 Å². The van der Waals surface area contributed by atoms with Gasteiger partial charge in [0.15, 0.2) is 0 Å². The number of rotatable bonds is 16. The molecule has 2 N–H and O–H groups in total. The quantitative estimate of drug-likeness (QED) is 0.0872. The summed E-state index contributed by atoms with van der Waals surface area (Å²) in [7, 11) is 1.27. The molecule has 0 saturated heterocycles. The molecular weight excluding hydrogens is 662 g/mol. The van der Waals surface area contributed by atoms with E-state index in [-0.39, 0.29) is 38.0 Å². The predicted octanol–water partition coefficient (Wildman–Crippen LogP) is 7.82. The van der Waals surface area contributed by atoms with Gasteiger partial charge in [-0.15, -0.1) is 0 Å². The highest BCUT2D eigenvalue weighted by atomic mass is 16.6. The number of nitrogens with zero attached hydrogens (tertiary/aromatic N) is 1. The fourth-order valence-corrected chi connectivity index (χ4v) is 6.43. The zero-order valence-corrected chi connectivity index (χ0v) is 31.2. The fraction of sp³-hybridized carbons (Fsp3) is 0.463. The molecule has 3 aromatic carbocycles. The molecular formula is C41H53N3O8. The molecule has 0 heterocycles. The molecule has 1 aliphatic rings. The number of carbonyl (C=O) groups excluding carboxylic acids is 4. The van der Waals surface area contributed by atoms with E-state index in [1.54, 1.807) is 20.8 Å². The lowest BCUT2D eigenvalue weighted by atomic mass is 9.98. The van der Waals surface area contributed by atoms with Crippen LogP contribution in [0.3, 0.4) is 0 Å². The third-order valence-corrected chi connectivity index (χ3v) is 8.70. The second kappa shape index (κ2) is 19.0. The van der Waals surface area contributed by atoms with Gasteiger partial charge in [0, 0.05) is 19.0 Å². The Hall–Kier alpha value is -5.06. The number of methoxy groups -OCH3 is 1. The van der Waals surface area contributed by atoms with Gasteiger partial charge in [0.25, 0.3) is 0 Å². The summed E-state index contributed by atoms with van der Waals surface area (Å²) in [5.41, 5.74) is 4.62. The second-order valence-electron chi connectivity index (χ2n) is 14.5. The van der Waals surface area contributed by atoms with Gasteiger partial charge in [-0.1, -0.05) is 92.7 Å². The Morgan fingerprint density at radius 2 is 1.42 bits per heavy atom. The first-order valence-electron chi connectivity index (χ1n) is 18.0. The molecule has 0 fully saturated rings. The average Bonchev–Trinajstić information content (AvgIpc) is 3.43. The second-order valence-corrected chi connectivity index (χ2v) is 14.5. The van der Waals surface area contributed by atoms with Gasteiger partial charge in [-0.05, 0) is 80.2 Å². The van der Waals surface area contributed by atoms with E-state index in [4.69, 9.17) is 18.9 Å². The molecule has 1 aliphatic carbocycles. The molecule has 0 saturated carbocycles. The lowest BCUT2D eigenvalue weighted by molar-refractivity contribution is -0.147. The SMILES string of the molecule is COC(=O)[C@H](CCCCNC(=O)OC(C)(C)C)N(C[C@@H](CC(C)C)NC(=O)OCC1c2ccccc2-c2ccccc21)C(=O)OCc1ccccc1. The van der Waals surface area contributed by atoms with Crippen LogP contribution in [0.4, 0.5) is 14.4 Å². The van der Waals surface area contributed by atoms with Gasteiger partial charge in [-0.25, -0.2) is 19.2 Å². The lowest BCUT2D eigenvalue weighted by Crippen LogP contribution is -2.53. The van der Waals surface area contributed by atoms with Gasteiger partial charge in [0.2, 0.25) is 0 Å². The number of amides is 3. The smallest absolute Gasteiger partial charge is 0.410 e. The molecule has 0 aromatic heterocycles. The maximum Gasteiger partial charge on any atom is 0.410 e. The fourth-order valence-electron chi connectivity index (χ4n) is 6.43. The van der Waals surface area contributed by atoms with Crippen LogP contribution in [-0.2, 0) is 30.3 Å². The molecule has 3 aromatic rings. The van der Waals surface area contributed by atoms with Gasteiger partial charge in [0.05, 0.1) is 13.2 Å². The molecule has 2 atom stereocenters. The number of carbonyl (C=O) groups is 4. The Kier molecular flexibility index (Phi) is 14.5. The van der Waals surface area contributed by atoms with Crippen LogP contribution in [0.5, 0.6) is 0 Å². The number of hydrogen-bond donors (Lipinski definition) is 2. The van der Waals surface area contributed by atoms with E-state index in [2.05, 4.69) is 34.9 Å². The van der Waals surface area contributed by atoms with E-state index in [1.165, 1.54) is 12.0 Å². The normalized spacial score (nSPS) is 13.3. The summed E-state index contributed by atoms with van der Waals surface area (Å²) >= 11 is 0. The van der Waals surface area contributed by atoms with E-state index in [1.807, 2.05) is 68.4 Å². The number of alkyl carbamates (subject to hydrolysis) is 2. The van der Waals surface area contributed by atoms with Crippen LogP contribution in [-0.4, -0.2) is 73.6 Å². The summed E-state index contributed by atoms with van der Waals surface area (Å²) < 4.78 is 22.0. The first kappa shape index (κ1) is 39.7. The van der Waals surface area contributed by atoms with E-state index >= 15 is 0 Å². The summed E-state index contributed by atoms with van der Waals surface area (Å²) in [6.07, 6.45) is -0.121. The van der Waals surface area contributed by atoms with Crippen molar-refractivity contribution in [1.29, 1.82) is 0 Å². The van der Waals surface area contributed by atoms with Crippen molar-refractivity contribution >= 4 is 24.2 Å². The molecule has 280 valence electrons. The van der Waals surface area contributed by atoms with E-state index in [9.17, 15) is 19.2 Å². The molecule has 11 nitrogen and oxygen atoms in total. The number of nitrogens with one attached hydrogen (secondary N) is 2. The van der Waals surface area contributed by atoms with Gasteiger partial charge >= 0.3 is 24.2 Å². The third kappa shape index (κ3) is 11.7. The zero-order valence-electron chi connectivity index (χ0n) is 31.2. The molecule has 11 heteroatoms. The molecule has 0 radical (unpaired) electrons. The number of ether oxygens (including phenoxy) is 4. The van der Waals surface area contributed by atoms with E-state index < -0.39 is 41.9 Å². The zero-order chi connectivity index (χ0) is 37.7. The van der Waals surface area contributed by atoms with Gasteiger partial charge in [0.1, 0.15) is 24.9 Å². The monoisotopic (exact) mass is 715 g/mol. The predicted molar refractivity (Wildman–Crippen MR) is 199 cm³/mol. The Labute approximate surface area is 307 Å². The molecule has 52 heavy (non-hydrogen) atoms. The minimum Gasteiger partial charge on any atom is -0.467 e. The van der Waals surface area contributed by atoms with Crippen LogP contribution in [0.15, 0.2) is 78.9 Å². The van der Waals surface area contributed by atoms with Crippen molar-refractivity contribution in [3.63, 3.8) is 0 Å². The molecule has 0 unspecified atom stereocenters. The standard InChI is InChI=1S/C41H53N3O8/c1-28(2)24-30(43-39(47)50-27-35-33-20-12-10-18-31(33)32-19-11-13-21-34(32)35)25-44(40(48)51-26-29-16-8-7-9-17-29)36(37(45)49-6)22-14-15-23-42-38(46)52-41(3,4)5/h7-13,16-21,28,30,35-36H,14-15,22-27H2,1-6H3,(H,42,46)(H,43,47)/t30-,36+/m1/s1. The van der Waals surface area contributed by atoms with Crippen molar-refractivity contribution in [2.75, 3.05) is 26.8 Å². The number of unbranched alkanes of at least 4 members (excludes halogenated alkanes) is 1. The largest absolute Gasteiger partial charge is 0.467 e. The van der Waals surface area contributed by atoms with Crippen LogP contribution in [0, 0.1) is 5.92 Å². The van der Waals surface area contributed by atoms with Crippen LogP contribution >= 0.6 is 0 Å². The summed E-state index contributed by atoms with van der Waals surface area (Å²) in [5.74, 6) is -0.586. The number of benzene rings is 3. The Bertz CT molecular complexity index is 1590. The molecule has 3 amide bonds. The average molecular weight is 716 g/mol. The minimum absolute atomic E-state index is 0.00146. The maximum atomic E-state index is 13.8. The summed E-state index contributed by atoms with van der Waals surface area (Å²) in [6.45, 7) is 9.82. The molecule has 0 bridgehead atoms. The minimum atomic E-state index is -1.01. The highest BCUT2D eigenvalue weighted by Crippen LogP contribution is 2.44. The number of fused-ring (bicyclic) bond motifs is 3. The van der Waals surface area contributed by atoms with Crippen molar-refractivity contribution in [2.45, 2.75) is 90.5 Å². The Morgan fingerprint density at radius 3 is 2.02 bits per heavy atom. The van der Waals surface area contributed by atoms with Crippen LogP contribution in [0.2, 0.25) is 0 Å². The van der Waals surface area contributed by atoms with Crippen molar-refractivity contribution in [3.8, 4) is 11.1 Å². The van der Waals surface area contributed by atoms with Gasteiger partial charge in [-0.2, -0.15) is 0 Å². The summed E-state index contributed by atoms with van der Waals surface area (Å²) in [6, 6.07) is 23.9. The summed E-state index contributed by atoms with van der Waals surface area (Å²) in [4.78, 5) is 53.9. The van der Waals surface area contributed by atoms with Crippen molar-refractivity contribution < 1.29 is 38.1 Å². The topological polar surface area (TPSA) is 132 Å². The summed E-state index contributed by atoms with van der Waals surface area (Å²) in [5, 5.41) is 5.70. The first-order chi connectivity index (χ1) is 24.9. The Morgan fingerprint density at radius 1 is 0.808 bits per heavy atom. The van der Waals surface area contributed by atoms with E-state index in [0.717, 1.165) is 27.8 Å². The lowest BCUT2D eigenvalue weighted by Gasteiger charge is -2.33. The third-order valence-electron chi connectivity index (χ3n) is 8.70. The van der Waals surface area contributed by atoms with Crippen molar-refractivity contribution in [2.24, 2.45) is 5.92 Å². The van der Waals surface area contributed by atoms with E-state index in [0.29, 0.717) is 25.8 Å². The Balaban J connectivity index is 1.47. The number of hydrogen-bond acceptors (Lipinski definition) is 8. The van der Waals surface area contributed by atoms with Crippen LogP contribution < -0.4 is 10.6 Å². The highest BCUT2D eigenvalue weighted by molar-refractivity contribution is 5.82. The first-order valence-corrected chi connectivity index (χ1v) is 18.0. The number of esters is 1. The molecule has 0 spiro atoms. The maximum absolute atomic E-state index is 13.8. The van der Waals surface area contributed by atoms with Crippen LogP contribution in [0.1, 0.15) is 82.9 Å². The van der Waals surface area contributed by atoms with Gasteiger partial charge in [-0.3, -0.25) is 4.90 Å². The van der Waals surface area contributed by atoms with Crippen LogP contribution in [0.25, 0.3) is 11.1 Å². The van der Waals surface area contributed by atoms with Gasteiger partial charge < -0.3 is 29.6 Å². The highest BCUT2D eigenvalue weighted by Gasteiger charge is 2.35. The molecule has 0 aliphatic heterocycles. The van der Waals surface area contributed by atoms with Crippen molar-refractivity contribution in [3.05, 3.63) is 95.6 Å².